The summed E-state index contributed by atoms with van der Waals surface area (Å²) in [6.45, 7) is 4.25. The molecule has 0 amide bonds. The van der Waals surface area contributed by atoms with Gasteiger partial charge in [-0.25, -0.2) is 0 Å². The number of carbonyl (C=O) groups excluding carboxylic acids is 1. The molecule has 6 saturated carbocycles. The fourth-order valence-corrected chi connectivity index (χ4v) is 26.8. The molecule has 8 fully saturated rings. The highest BCUT2D eigenvalue weighted by atomic mass is 33.1. The van der Waals surface area contributed by atoms with Crippen molar-refractivity contribution in [2.45, 2.75) is 206 Å². The summed E-state index contributed by atoms with van der Waals surface area (Å²) in [5.41, 5.74) is -6.34. The van der Waals surface area contributed by atoms with E-state index in [4.69, 9.17) is 23.4 Å². The number of aliphatic hydroxyl groups excluding tert-OH is 5. The van der Waals surface area contributed by atoms with Crippen molar-refractivity contribution in [3.8, 4) is 11.5 Å². The Balaban J connectivity index is 0.877. The van der Waals surface area contributed by atoms with Crippen LogP contribution in [-0.2, 0) is 20.7 Å². The molecule has 16 nitrogen and oxygen atoms in total. The molecule has 504 valence electrons. The topological polar surface area (TPSA) is 253 Å². The third-order valence-electron chi connectivity index (χ3n) is 26.5. The van der Waals surface area contributed by atoms with Crippen LogP contribution in [0.15, 0.2) is 101 Å². The first kappa shape index (κ1) is 64.8. The Morgan fingerprint density at radius 1 is 0.860 bits per heavy atom. The van der Waals surface area contributed by atoms with Crippen molar-refractivity contribution in [2.75, 3.05) is 39.2 Å². The second-order valence-corrected chi connectivity index (χ2v) is 33.5. The highest BCUT2D eigenvalue weighted by molar-refractivity contribution is 8.77. The number of aryl methyl sites for hydroxylation is 1. The number of nitrogens with one attached hydrogen (secondary N) is 2. The third kappa shape index (κ3) is 10.3. The van der Waals surface area contributed by atoms with E-state index in [-0.39, 0.29) is 103 Å². The smallest absolute Gasteiger partial charge is 0.306 e. The van der Waals surface area contributed by atoms with Gasteiger partial charge in [0, 0.05) is 70.7 Å². The van der Waals surface area contributed by atoms with E-state index < -0.39 is 87.5 Å². The number of rotatable bonds is 8. The fourth-order valence-electron chi connectivity index (χ4n) is 22.5. The van der Waals surface area contributed by atoms with Crippen molar-refractivity contribution in [1.29, 1.82) is 0 Å². The molecule has 4 spiro atoms. The molecule has 4 heterocycles. The van der Waals surface area contributed by atoms with Gasteiger partial charge in [-0.15, -0.1) is 0 Å². The first-order valence-corrected chi connectivity index (χ1v) is 37.6. The van der Waals surface area contributed by atoms with E-state index in [0.29, 0.717) is 60.2 Å². The van der Waals surface area contributed by atoms with Crippen LogP contribution < -0.4 is 20.1 Å². The Hall–Kier alpha value is -4.15. The molecule has 10 N–H and O–H groups in total. The van der Waals surface area contributed by atoms with Gasteiger partial charge < -0.3 is 74.9 Å². The maximum atomic E-state index is 14.1. The molecule has 3 aliphatic heterocycles. The van der Waals surface area contributed by atoms with Crippen LogP contribution in [0.25, 0.3) is 21.7 Å². The van der Waals surface area contributed by atoms with Crippen molar-refractivity contribution in [3.63, 3.8) is 0 Å². The maximum Gasteiger partial charge on any atom is 0.306 e. The highest BCUT2D eigenvalue weighted by Crippen LogP contribution is 2.75. The molecular weight excluding hydrogens is 1220 g/mol. The van der Waals surface area contributed by atoms with Crippen molar-refractivity contribution in [3.05, 3.63) is 108 Å². The summed E-state index contributed by atoms with van der Waals surface area (Å²) in [7, 11) is 5.58. The second kappa shape index (κ2) is 24.7. The zero-order valence-corrected chi connectivity index (χ0v) is 55.8. The third-order valence-corrected chi connectivity index (χ3v) is 29.9. The SMILES string of the molecule is CCOC(=O)CCc1cc2ccoc2c2c1O[C@@H]1O[C@@]3(CSS[C@]4(CC[C@]5(C[C@@H]6CC[C@@H](NC)[C@H]6C5)[C@H]4[C@@H]4CC[C@@H]5[C@](O)(CC[C@]56C=CC(O)=C[C@H]6c5ccc6ccccc6c5)C4)[C@@H](CC[C@H](C)CCC[C@@H]3O)NCCO2)[C@]2(O)C[C@@H]3C=C[C@@H](O)[C@@H](CO)[C@@H]3[C@@]1(O)[C@H]2O. The number of furan rings is 1. The van der Waals surface area contributed by atoms with Gasteiger partial charge in [-0.3, -0.25) is 4.79 Å². The van der Waals surface area contributed by atoms with E-state index >= 15 is 0 Å². The molecule has 18 heteroatoms. The van der Waals surface area contributed by atoms with Crippen LogP contribution in [0.3, 0.4) is 0 Å². The zero-order chi connectivity index (χ0) is 64.5. The Morgan fingerprint density at radius 2 is 1.70 bits per heavy atom. The standard InChI is InChI=1S/C75H98N2O14S2/c1-4-87-61(82)23-18-47-35-48-25-32-88-63(48)65-64(47)90-68-75(86)62-50(16-20-57(80)54(62)41-78)39-73(85,67(75)83)74(91-68)42-92-93-72(59(77-31-33-89-65)22-12-43(2)8-7-11-60(74)81)30-27-69(37-49-15-19-56(76-3)53(49)40-69)66(72)51-17-21-58-70(28-29-71(58,84)38-51)26-24-52(79)36-55(70)46-14-13-44-9-5-6-10-45(44)34-46/h5-6,9-10,13-14,16,20,24-26,32,34-36,43,49-51,53-60,62,66-68,76-81,83-86H,4,7-8,11-12,15,17-19,21-23,27-31,33,37-42H2,1-3H3/t43-,49+,50+,51-,53+,54-,55+,56-,57-,58+,59-,60+,62-,66-,67+,68-,69-,70+,71+,72-,73+,74-,75-/m1/s1. The monoisotopic (exact) mass is 1310 g/mol. The first-order chi connectivity index (χ1) is 44.9. The lowest BCUT2D eigenvalue weighted by Gasteiger charge is -2.67. The lowest BCUT2D eigenvalue weighted by Crippen LogP contribution is -2.86. The van der Waals surface area contributed by atoms with Gasteiger partial charge in [0.05, 0.1) is 30.7 Å². The average molecular weight is 1320 g/mol. The molecule has 15 rings (SSSR count). The number of carbonyl (C=O) groups is 1. The number of ether oxygens (including phenoxy) is 4. The van der Waals surface area contributed by atoms with Crippen LogP contribution in [0.4, 0.5) is 0 Å². The number of hydrogen-bond donors (Lipinski definition) is 10. The van der Waals surface area contributed by atoms with Gasteiger partial charge in [0.25, 0.3) is 0 Å². The summed E-state index contributed by atoms with van der Waals surface area (Å²) in [5.74, 6) is -1.41. The number of esters is 1. The van der Waals surface area contributed by atoms with Gasteiger partial charge in [-0.1, -0.05) is 102 Å². The molecule has 3 aromatic carbocycles. The summed E-state index contributed by atoms with van der Waals surface area (Å²) in [6, 6.07) is 19.1. The summed E-state index contributed by atoms with van der Waals surface area (Å²) in [6.07, 6.45) is 18.1. The number of aliphatic hydroxyl groups is 8. The molecule has 8 aliphatic carbocycles. The molecule has 23 atom stereocenters. The number of fused-ring (bicyclic) bond motifs is 15. The van der Waals surface area contributed by atoms with Crippen LogP contribution in [0.5, 0.6) is 11.5 Å². The van der Waals surface area contributed by atoms with Gasteiger partial charge >= 0.3 is 5.97 Å². The number of allylic oxidation sites excluding steroid dienone is 4. The lowest BCUT2D eigenvalue weighted by molar-refractivity contribution is -0.424. The Kier molecular flexibility index (Phi) is 17.2. The Labute approximate surface area is 554 Å². The van der Waals surface area contributed by atoms with Crippen LogP contribution in [0, 0.1) is 64.1 Å². The molecule has 0 unspecified atom stereocenters. The van der Waals surface area contributed by atoms with E-state index in [0.717, 1.165) is 81.6 Å². The number of hydrogen-bond acceptors (Lipinski definition) is 18. The minimum atomic E-state index is -2.53. The molecule has 11 aliphatic rings. The minimum Gasteiger partial charge on any atom is -0.508 e. The van der Waals surface area contributed by atoms with E-state index in [1.165, 1.54) is 11.8 Å². The van der Waals surface area contributed by atoms with E-state index in [2.05, 4.69) is 73.1 Å². The van der Waals surface area contributed by atoms with Crippen LogP contribution in [-0.4, -0.2) is 150 Å². The van der Waals surface area contributed by atoms with Gasteiger partial charge in [-0.2, -0.15) is 0 Å². The van der Waals surface area contributed by atoms with Crippen molar-refractivity contribution in [1.82, 2.24) is 10.6 Å². The van der Waals surface area contributed by atoms with Crippen molar-refractivity contribution in [2.24, 2.45) is 64.1 Å². The molecule has 5 bridgehead atoms. The second-order valence-electron chi connectivity index (χ2n) is 30.9. The van der Waals surface area contributed by atoms with Crippen LogP contribution in [0.2, 0.25) is 0 Å². The van der Waals surface area contributed by atoms with Gasteiger partial charge in [0.2, 0.25) is 12.0 Å². The summed E-state index contributed by atoms with van der Waals surface area (Å²) >= 11 is 0. The normalized spacial score (nSPS) is 44.6. The summed E-state index contributed by atoms with van der Waals surface area (Å²) < 4.78 is 33.1. The zero-order valence-electron chi connectivity index (χ0n) is 54.2. The van der Waals surface area contributed by atoms with E-state index in [1.807, 2.05) is 35.1 Å². The fraction of sp³-hybridized carbons (Fsp3) is 0.667. The minimum absolute atomic E-state index is 0.0232. The van der Waals surface area contributed by atoms with Crippen LogP contribution in [0.1, 0.15) is 146 Å². The molecular formula is C75H98N2O14S2. The Bertz CT molecular complexity index is 3550. The van der Waals surface area contributed by atoms with Crippen molar-refractivity contribution >= 4 is 49.3 Å². The summed E-state index contributed by atoms with van der Waals surface area (Å²) in [5, 5.41) is 114. The van der Waals surface area contributed by atoms with Gasteiger partial charge in [-0.05, 0) is 210 Å². The van der Waals surface area contributed by atoms with Gasteiger partial charge in [0.15, 0.2) is 16.9 Å². The predicted molar refractivity (Wildman–Crippen MR) is 358 cm³/mol. The summed E-state index contributed by atoms with van der Waals surface area (Å²) in [4.78, 5) is 13.3. The molecule has 2 saturated heterocycles. The largest absolute Gasteiger partial charge is 0.508 e. The Morgan fingerprint density at radius 3 is 2.53 bits per heavy atom. The van der Waals surface area contributed by atoms with Crippen LogP contribution >= 0.6 is 21.6 Å². The maximum absolute atomic E-state index is 14.1. The molecule has 1 aromatic heterocycles. The average Bonchev–Trinajstić information content (AvgIpc) is 1.56. The van der Waals surface area contributed by atoms with Gasteiger partial charge in [0.1, 0.15) is 29.7 Å². The highest BCUT2D eigenvalue weighted by Gasteiger charge is 2.79. The van der Waals surface area contributed by atoms with Crippen molar-refractivity contribution < 1.29 is 69.0 Å². The van der Waals surface area contributed by atoms with E-state index in [1.54, 1.807) is 36.1 Å². The first-order valence-electron chi connectivity index (χ1n) is 35.3. The number of benzene rings is 3. The van der Waals surface area contributed by atoms with E-state index in [9.17, 15) is 45.6 Å². The molecule has 4 aromatic rings. The predicted octanol–water partition coefficient (Wildman–Crippen LogP) is 10.5. The molecule has 93 heavy (non-hydrogen) atoms. The quantitative estimate of drug-likeness (QED) is 0.0447. The molecule has 0 radical (unpaired) electrons. The lowest BCUT2D eigenvalue weighted by atomic mass is 9.50.